The van der Waals surface area contributed by atoms with Crippen LogP contribution in [0, 0.1) is 0 Å². The van der Waals surface area contributed by atoms with Crippen molar-refractivity contribution in [3.05, 3.63) is 51.7 Å². The van der Waals surface area contributed by atoms with Gasteiger partial charge in [0.2, 0.25) is 5.82 Å². The number of nitrogens with zero attached hydrogens (tertiary/aromatic N) is 1. The normalized spacial score (nSPS) is 13.2. The van der Waals surface area contributed by atoms with Crippen LogP contribution < -0.4 is 5.56 Å². The van der Waals surface area contributed by atoms with Gasteiger partial charge in [0.1, 0.15) is 0 Å². The summed E-state index contributed by atoms with van der Waals surface area (Å²) in [7, 11) is 0. The fourth-order valence-corrected chi connectivity index (χ4v) is 1.91. The van der Waals surface area contributed by atoms with Crippen LogP contribution in [-0.2, 0) is 18.5 Å². The Labute approximate surface area is 132 Å². The van der Waals surface area contributed by atoms with Crippen LogP contribution >= 0.6 is 0 Å². The molecule has 0 aliphatic heterocycles. The number of halogens is 9. The minimum absolute atomic E-state index is 0.395. The van der Waals surface area contributed by atoms with E-state index in [9.17, 15) is 44.3 Å². The molecule has 0 saturated carbocycles. The minimum atomic E-state index is -5.44. The van der Waals surface area contributed by atoms with Gasteiger partial charge in [0.05, 0.1) is 11.1 Å². The Balaban J connectivity index is 2.71. The molecule has 136 valence electrons. The highest BCUT2D eigenvalue weighted by Crippen LogP contribution is 2.37. The summed E-state index contributed by atoms with van der Waals surface area (Å²) in [6.45, 7) is 0. The largest absolute Gasteiger partial charge is 0.449 e. The number of H-pyrrole nitrogens is 1. The quantitative estimate of drug-likeness (QED) is 0.746. The number of rotatable bonds is 1. The van der Waals surface area contributed by atoms with Crippen LogP contribution in [0.5, 0.6) is 0 Å². The molecule has 1 aromatic heterocycles. The highest BCUT2D eigenvalue weighted by Gasteiger charge is 2.42. The van der Waals surface area contributed by atoms with Crippen molar-refractivity contribution in [2.24, 2.45) is 0 Å². The van der Waals surface area contributed by atoms with E-state index in [1.54, 1.807) is 0 Å². The average Bonchev–Trinajstić information content (AvgIpc) is 2.43. The molecule has 1 heterocycles. The Morgan fingerprint density at radius 1 is 0.760 bits per heavy atom. The fraction of sp³-hybridized carbons (Fsp3) is 0.231. The van der Waals surface area contributed by atoms with Crippen LogP contribution in [0.1, 0.15) is 17.1 Å². The number of aromatic nitrogens is 2. The molecule has 25 heavy (non-hydrogen) atoms. The summed E-state index contributed by atoms with van der Waals surface area (Å²) in [5.74, 6) is -2.17. The molecule has 0 unspecified atom stereocenters. The third-order valence-electron chi connectivity index (χ3n) is 2.96. The first-order chi connectivity index (χ1) is 11.2. The van der Waals surface area contributed by atoms with E-state index < -0.39 is 52.3 Å². The van der Waals surface area contributed by atoms with Crippen molar-refractivity contribution < 1.29 is 39.5 Å². The predicted octanol–water partition coefficient (Wildman–Crippen LogP) is 4.49. The van der Waals surface area contributed by atoms with Crippen molar-refractivity contribution in [3.8, 4) is 11.1 Å². The van der Waals surface area contributed by atoms with Gasteiger partial charge in [-0.05, 0) is 17.7 Å². The molecule has 0 saturated heterocycles. The molecule has 1 aromatic carbocycles. The number of aromatic amines is 1. The van der Waals surface area contributed by atoms with E-state index in [0.29, 0.717) is 24.3 Å². The van der Waals surface area contributed by atoms with E-state index in [1.165, 1.54) is 0 Å². The van der Waals surface area contributed by atoms with E-state index in [4.69, 9.17) is 0 Å². The molecule has 2 rings (SSSR count). The molecule has 1 N–H and O–H groups in total. The summed E-state index contributed by atoms with van der Waals surface area (Å²) < 4.78 is 114. The molecule has 0 aliphatic carbocycles. The van der Waals surface area contributed by atoms with Crippen molar-refractivity contribution in [1.82, 2.24) is 9.97 Å². The lowest BCUT2D eigenvalue weighted by Crippen LogP contribution is -2.26. The average molecular weight is 376 g/mol. The fourth-order valence-electron chi connectivity index (χ4n) is 1.91. The third-order valence-corrected chi connectivity index (χ3v) is 2.96. The van der Waals surface area contributed by atoms with E-state index in [0.717, 1.165) is 4.98 Å². The molecule has 0 aliphatic rings. The van der Waals surface area contributed by atoms with Crippen LogP contribution in [-0.4, -0.2) is 9.97 Å². The Morgan fingerprint density at radius 3 is 1.68 bits per heavy atom. The number of benzene rings is 1. The first-order valence-corrected chi connectivity index (χ1v) is 6.17. The summed E-state index contributed by atoms with van der Waals surface area (Å²) in [6.07, 6.45) is -15.6. The van der Waals surface area contributed by atoms with Crippen molar-refractivity contribution in [2.75, 3.05) is 0 Å². The highest BCUT2D eigenvalue weighted by atomic mass is 19.4. The molecule has 0 bridgehead atoms. The van der Waals surface area contributed by atoms with Gasteiger partial charge in [-0.15, -0.1) is 0 Å². The van der Waals surface area contributed by atoms with Crippen molar-refractivity contribution in [2.45, 2.75) is 18.5 Å². The van der Waals surface area contributed by atoms with E-state index in [1.807, 2.05) is 0 Å². The topological polar surface area (TPSA) is 45.8 Å². The summed E-state index contributed by atoms with van der Waals surface area (Å²) >= 11 is 0. The molecular weight excluding hydrogens is 371 g/mol. The van der Waals surface area contributed by atoms with E-state index >= 15 is 0 Å². The van der Waals surface area contributed by atoms with Crippen LogP contribution in [0.4, 0.5) is 39.5 Å². The standard InChI is InChI=1S/C13H5F9N2O/c14-11(15,16)6-3-1-5(2-4-6)7-8(12(17,18)19)23-10(13(20,21)22)24-9(7)25/h1-4H,(H,23,24,25). The maximum atomic E-state index is 13.0. The zero-order valence-corrected chi connectivity index (χ0v) is 11.6. The highest BCUT2D eigenvalue weighted by molar-refractivity contribution is 5.66. The second-order valence-corrected chi connectivity index (χ2v) is 4.71. The maximum absolute atomic E-state index is 13.0. The first-order valence-electron chi connectivity index (χ1n) is 6.17. The molecule has 12 heteroatoms. The molecule has 3 nitrogen and oxygen atoms in total. The monoisotopic (exact) mass is 376 g/mol. The third kappa shape index (κ3) is 3.94. The zero-order chi connectivity index (χ0) is 19.2. The van der Waals surface area contributed by atoms with Gasteiger partial charge in [-0.25, -0.2) is 4.98 Å². The van der Waals surface area contributed by atoms with Gasteiger partial charge < -0.3 is 4.98 Å². The van der Waals surface area contributed by atoms with Crippen LogP contribution in [0.3, 0.4) is 0 Å². The van der Waals surface area contributed by atoms with Gasteiger partial charge in [0, 0.05) is 0 Å². The number of hydrogen-bond donors (Lipinski definition) is 1. The van der Waals surface area contributed by atoms with Crippen molar-refractivity contribution >= 4 is 0 Å². The van der Waals surface area contributed by atoms with Gasteiger partial charge >= 0.3 is 18.5 Å². The van der Waals surface area contributed by atoms with Gasteiger partial charge in [0.25, 0.3) is 5.56 Å². The van der Waals surface area contributed by atoms with Gasteiger partial charge in [0.15, 0.2) is 5.69 Å². The molecular formula is C13H5F9N2O. The van der Waals surface area contributed by atoms with Crippen LogP contribution in [0.25, 0.3) is 11.1 Å². The molecule has 2 aromatic rings. The second kappa shape index (κ2) is 5.77. The zero-order valence-electron chi connectivity index (χ0n) is 11.6. The summed E-state index contributed by atoms with van der Waals surface area (Å²) in [6, 6.07) is 1.87. The number of hydrogen-bond acceptors (Lipinski definition) is 2. The first kappa shape index (κ1) is 18.8. The lowest BCUT2D eigenvalue weighted by molar-refractivity contribution is -0.152. The maximum Gasteiger partial charge on any atom is 0.449 e. The number of alkyl halides is 9. The second-order valence-electron chi connectivity index (χ2n) is 4.71. The van der Waals surface area contributed by atoms with E-state index in [-0.39, 0.29) is 0 Å². The van der Waals surface area contributed by atoms with Crippen molar-refractivity contribution in [1.29, 1.82) is 0 Å². The van der Waals surface area contributed by atoms with E-state index in [2.05, 4.69) is 4.98 Å². The van der Waals surface area contributed by atoms with Gasteiger partial charge in [-0.2, -0.15) is 39.5 Å². The molecule has 0 atom stereocenters. The van der Waals surface area contributed by atoms with Crippen LogP contribution in [0.2, 0.25) is 0 Å². The van der Waals surface area contributed by atoms with Crippen LogP contribution in [0.15, 0.2) is 29.1 Å². The number of nitrogens with one attached hydrogen (secondary N) is 1. The van der Waals surface area contributed by atoms with Crippen molar-refractivity contribution in [3.63, 3.8) is 0 Å². The lowest BCUT2D eigenvalue weighted by Gasteiger charge is -2.14. The predicted molar refractivity (Wildman–Crippen MR) is 65.3 cm³/mol. The molecule has 0 radical (unpaired) electrons. The Morgan fingerprint density at radius 2 is 1.28 bits per heavy atom. The van der Waals surface area contributed by atoms with Gasteiger partial charge in [-0.1, -0.05) is 12.1 Å². The summed E-state index contributed by atoms with van der Waals surface area (Å²) in [4.78, 5) is 15.3. The Bertz CT molecular complexity index is 829. The summed E-state index contributed by atoms with van der Waals surface area (Å²) in [5, 5.41) is 0. The minimum Gasteiger partial charge on any atom is -0.302 e. The Kier molecular flexibility index (Phi) is 4.34. The lowest BCUT2D eigenvalue weighted by atomic mass is 10.0. The molecule has 0 fully saturated rings. The van der Waals surface area contributed by atoms with Gasteiger partial charge in [-0.3, -0.25) is 4.79 Å². The Hall–Kier alpha value is -2.53. The SMILES string of the molecule is O=c1[nH]c(C(F)(F)F)nc(C(F)(F)F)c1-c1ccc(C(F)(F)F)cc1. The smallest absolute Gasteiger partial charge is 0.302 e. The molecule has 0 amide bonds. The molecule has 0 spiro atoms. The summed E-state index contributed by atoms with van der Waals surface area (Å²) in [5.41, 5.74) is -7.11.